The first-order valence-electron chi connectivity index (χ1n) is 6.00. The molecule has 0 fully saturated rings. The van der Waals surface area contributed by atoms with E-state index in [1.807, 2.05) is 0 Å². The lowest BCUT2D eigenvalue weighted by Gasteiger charge is -2.16. The van der Waals surface area contributed by atoms with Gasteiger partial charge in [-0.15, -0.1) is 0 Å². The number of nitrogens with one attached hydrogen (secondary N) is 1. The van der Waals surface area contributed by atoms with Crippen LogP contribution in [0.3, 0.4) is 0 Å². The SMILES string of the molecule is O=c1[nH]c(-c2c(F)cc(C(F)(F)F)cc2Cl)c(Cl)c(C(F)(F)F)c1Cl. The molecule has 1 heterocycles. The van der Waals surface area contributed by atoms with Crippen LogP contribution in [0.1, 0.15) is 11.1 Å². The second kappa shape index (κ2) is 6.37. The van der Waals surface area contributed by atoms with Crippen molar-refractivity contribution in [2.75, 3.05) is 0 Å². The van der Waals surface area contributed by atoms with Gasteiger partial charge in [0.15, 0.2) is 0 Å². The van der Waals surface area contributed by atoms with E-state index in [4.69, 9.17) is 34.8 Å². The Hall–Kier alpha value is -1.45. The number of halogens is 10. The van der Waals surface area contributed by atoms with Crippen molar-refractivity contribution in [3.05, 3.63) is 54.5 Å². The standard InChI is InChI=1S/C13H3Cl3F7NO/c14-4-1-3(12(18,19)20)2-5(17)6(4)10-8(15)7(13(21,22)23)9(16)11(25)24-10/h1-2H,(H,24,25). The van der Waals surface area contributed by atoms with Crippen molar-refractivity contribution in [1.82, 2.24) is 4.98 Å². The highest BCUT2D eigenvalue weighted by molar-refractivity contribution is 6.38. The summed E-state index contributed by atoms with van der Waals surface area (Å²) in [5, 5.41) is -3.41. The Labute approximate surface area is 149 Å². The van der Waals surface area contributed by atoms with Gasteiger partial charge in [-0.3, -0.25) is 4.79 Å². The minimum absolute atomic E-state index is 0.0116. The predicted octanol–water partition coefficient (Wildman–Crippen LogP) is 6.18. The molecule has 12 heteroatoms. The number of pyridine rings is 1. The molecule has 0 spiro atoms. The Morgan fingerprint density at radius 2 is 1.44 bits per heavy atom. The molecule has 2 aromatic rings. The van der Waals surface area contributed by atoms with E-state index < -0.39 is 61.2 Å². The van der Waals surface area contributed by atoms with Crippen molar-refractivity contribution in [3.8, 4) is 11.3 Å². The normalized spacial score (nSPS) is 12.6. The summed E-state index contributed by atoms with van der Waals surface area (Å²) in [6.07, 6.45) is -10.1. The van der Waals surface area contributed by atoms with E-state index in [9.17, 15) is 35.5 Å². The lowest BCUT2D eigenvalue weighted by atomic mass is 10.0. The van der Waals surface area contributed by atoms with Gasteiger partial charge in [0.1, 0.15) is 16.4 Å². The van der Waals surface area contributed by atoms with Crippen molar-refractivity contribution in [1.29, 1.82) is 0 Å². The summed E-state index contributed by atoms with van der Waals surface area (Å²) in [5.41, 5.74) is -6.57. The third kappa shape index (κ3) is 3.73. The Balaban J connectivity index is 2.85. The summed E-state index contributed by atoms with van der Waals surface area (Å²) in [6, 6.07) is 0.300. The fraction of sp³-hybridized carbons (Fsp3) is 0.154. The molecule has 0 aliphatic rings. The number of hydrogen-bond acceptors (Lipinski definition) is 1. The molecule has 0 amide bonds. The van der Waals surface area contributed by atoms with E-state index in [0.29, 0.717) is 0 Å². The first kappa shape index (κ1) is 19.9. The van der Waals surface area contributed by atoms with Crippen molar-refractivity contribution in [2.45, 2.75) is 12.4 Å². The van der Waals surface area contributed by atoms with Crippen LogP contribution >= 0.6 is 34.8 Å². The number of alkyl halides is 6. The average Bonchev–Trinajstić information content (AvgIpc) is 2.41. The van der Waals surface area contributed by atoms with Crippen LogP contribution in [0.4, 0.5) is 30.7 Å². The maximum Gasteiger partial charge on any atom is 0.419 e. The van der Waals surface area contributed by atoms with Crippen LogP contribution in [0.15, 0.2) is 16.9 Å². The molecule has 136 valence electrons. The first-order chi connectivity index (χ1) is 11.2. The zero-order chi connectivity index (χ0) is 19.3. The van der Waals surface area contributed by atoms with Crippen LogP contribution in [0.5, 0.6) is 0 Å². The molecule has 25 heavy (non-hydrogen) atoms. The van der Waals surface area contributed by atoms with Crippen molar-refractivity contribution in [2.24, 2.45) is 0 Å². The average molecular weight is 429 g/mol. The third-order valence-corrected chi connectivity index (χ3v) is 4.04. The van der Waals surface area contributed by atoms with Gasteiger partial charge in [0.25, 0.3) is 5.56 Å². The molecule has 0 aliphatic heterocycles. The molecule has 0 saturated carbocycles. The van der Waals surface area contributed by atoms with Gasteiger partial charge >= 0.3 is 12.4 Å². The lowest BCUT2D eigenvalue weighted by molar-refractivity contribution is -0.138. The summed E-state index contributed by atoms with van der Waals surface area (Å²) < 4.78 is 91.0. The molecule has 1 aromatic heterocycles. The summed E-state index contributed by atoms with van der Waals surface area (Å²) >= 11 is 16.4. The minimum Gasteiger partial charge on any atom is -0.319 e. The Morgan fingerprint density at radius 1 is 0.880 bits per heavy atom. The van der Waals surface area contributed by atoms with Crippen molar-refractivity contribution in [3.63, 3.8) is 0 Å². The van der Waals surface area contributed by atoms with Crippen LogP contribution in [-0.2, 0) is 12.4 Å². The number of hydrogen-bond donors (Lipinski definition) is 1. The Bertz CT molecular complexity index is 879. The Morgan fingerprint density at radius 3 is 1.88 bits per heavy atom. The number of rotatable bonds is 1. The first-order valence-corrected chi connectivity index (χ1v) is 7.13. The topological polar surface area (TPSA) is 32.9 Å². The van der Waals surface area contributed by atoms with E-state index in [1.165, 1.54) is 0 Å². The second-order valence-electron chi connectivity index (χ2n) is 4.64. The highest BCUT2D eigenvalue weighted by Gasteiger charge is 2.39. The van der Waals surface area contributed by atoms with Crippen LogP contribution in [0, 0.1) is 5.82 Å². The predicted molar refractivity (Wildman–Crippen MR) is 77.5 cm³/mol. The molecule has 0 unspecified atom stereocenters. The van der Waals surface area contributed by atoms with Gasteiger partial charge in [-0.1, -0.05) is 34.8 Å². The molecule has 0 bridgehead atoms. The van der Waals surface area contributed by atoms with E-state index in [-0.39, 0.29) is 12.1 Å². The second-order valence-corrected chi connectivity index (χ2v) is 5.81. The Kier molecular flexibility index (Phi) is 5.06. The molecule has 0 radical (unpaired) electrons. The highest BCUT2D eigenvalue weighted by atomic mass is 35.5. The van der Waals surface area contributed by atoms with E-state index in [2.05, 4.69) is 0 Å². The molecule has 0 aliphatic carbocycles. The molecule has 0 saturated heterocycles. The van der Waals surface area contributed by atoms with Crippen LogP contribution in [-0.4, -0.2) is 4.98 Å². The van der Waals surface area contributed by atoms with Gasteiger partial charge in [-0.25, -0.2) is 4.39 Å². The smallest absolute Gasteiger partial charge is 0.319 e. The highest BCUT2D eigenvalue weighted by Crippen LogP contribution is 2.44. The van der Waals surface area contributed by atoms with Gasteiger partial charge in [0, 0.05) is 0 Å². The maximum absolute atomic E-state index is 14.1. The van der Waals surface area contributed by atoms with E-state index >= 15 is 0 Å². The van der Waals surface area contributed by atoms with Gasteiger partial charge in [0.2, 0.25) is 0 Å². The van der Waals surface area contributed by atoms with Gasteiger partial charge < -0.3 is 4.98 Å². The molecule has 0 atom stereocenters. The summed E-state index contributed by atoms with van der Waals surface area (Å²) in [7, 11) is 0. The third-order valence-electron chi connectivity index (χ3n) is 3.00. The van der Waals surface area contributed by atoms with Crippen LogP contribution in [0.2, 0.25) is 15.1 Å². The molecule has 1 N–H and O–H groups in total. The zero-order valence-electron chi connectivity index (χ0n) is 11.3. The van der Waals surface area contributed by atoms with Gasteiger partial charge in [-0.05, 0) is 12.1 Å². The summed E-state index contributed by atoms with van der Waals surface area (Å²) in [4.78, 5) is 13.4. The number of aromatic amines is 1. The largest absolute Gasteiger partial charge is 0.419 e. The van der Waals surface area contributed by atoms with E-state index in [0.717, 1.165) is 0 Å². The number of H-pyrrole nitrogens is 1. The molecular weight excluding hydrogens is 425 g/mol. The molecule has 2 nitrogen and oxygen atoms in total. The number of benzene rings is 1. The van der Waals surface area contributed by atoms with Crippen molar-refractivity contribution >= 4 is 34.8 Å². The maximum atomic E-state index is 14.1. The van der Waals surface area contributed by atoms with Gasteiger partial charge in [0.05, 0.1) is 26.9 Å². The van der Waals surface area contributed by atoms with Crippen molar-refractivity contribution < 1.29 is 30.7 Å². The summed E-state index contributed by atoms with van der Waals surface area (Å²) in [6.45, 7) is 0. The van der Waals surface area contributed by atoms with Crippen LogP contribution < -0.4 is 5.56 Å². The molecule has 1 aromatic carbocycles. The van der Waals surface area contributed by atoms with Crippen LogP contribution in [0.25, 0.3) is 11.3 Å². The van der Waals surface area contributed by atoms with E-state index in [1.54, 1.807) is 4.98 Å². The number of aromatic nitrogens is 1. The lowest BCUT2D eigenvalue weighted by Crippen LogP contribution is -2.18. The zero-order valence-corrected chi connectivity index (χ0v) is 13.6. The quantitative estimate of drug-likeness (QED) is 0.541. The molecule has 2 rings (SSSR count). The van der Waals surface area contributed by atoms with Gasteiger partial charge in [-0.2, -0.15) is 26.3 Å². The molecular formula is C13H3Cl3F7NO. The monoisotopic (exact) mass is 427 g/mol. The summed E-state index contributed by atoms with van der Waals surface area (Å²) in [5.74, 6) is -1.63. The fourth-order valence-corrected chi connectivity index (χ4v) is 2.90. The minimum atomic E-state index is -5.17. The fourth-order valence-electron chi connectivity index (χ4n) is 1.95.